The van der Waals surface area contributed by atoms with E-state index in [4.69, 9.17) is 9.82 Å². The fraction of sp³-hybridized carbons (Fsp3) is 0.500. The van der Waals surface area contributed by atoms with Crippen molar-refractivity contribution in [2.24, 2.45) is 12.2 Å². The second-order valence-corrected chi connectivity index (χ2v) is 5.72. The maximum Gasteiger partial charge on any atom is 0.145 e. The zero-order valence-electron chi connectivity index (χ0n) is 12.9. The lowest BCUT2D eigenvalue weighted by Crippen LogP contribution is -2.29. The van der Waals surface area contributed by atoms with Crippen molar-refractivity contribution in [3.8, 4) is 0 Å². The zero-order chi connectivity index (χ0) is 14.8. The van der Waals surface area contributed by atoms with Gasteiger partial charge in [-0.25, -0.2) is 4.98 Å². The topological polar surface area (TPSA) is 42.6 Å². The first-order valence-corrected chi connectivity index (χ1v) is 7.47. The van der Waals surface area contributed by atoms with Crippen molar-refractivity contribution in [2.45, 2.75) is 32.4 Å². The van der Waals surface area contributed by atoms with Gasteiger partial charge in [-0.1, -0.05) is 24.2 Å². The van der Waals surface area contributed by atoms with Crippen LogP contribution in [-0.4, -0.2) is 39.9 Å². The zero-order valence-corrected chi connectivity index (χ0v) is 12.9. The van der Waals surface area contributed by atoms with Gasteiger partial charge >= 0.3 is 0 Å². The average molecular weight is 286 g/mol. The Morgan fingerprint density at radius 2 is 2.19 bits per heavy atom. The highest BCUT2D eigenvalue weighted by Crippen LogP contribution is 2.17. The lowest BCUT2D eigenvalue weighted by Gasteiger charge is -2.19. The minimum atomic E-state index is 0.180. The number of likely N-dealkylation sites (N-methyl/N-ethyl adjacent to an activating group) is 1. The van der Waals surface area contributed by atoms with Gasteiger partial charge in [-0.15, -0.1) is 0 Å². The van der Waals surface area contributed by atoms with Crippen molar-refractivity contribution in [3.05, 3.63) is 30.1 Å². The minimum Gasteiger partial charge on any atom is -0.391 e. The molecule has 0 radical (unpaired) electrons. The van der Waals surface area contributed by atoms with Crippen LogP contribution in [0, 0.1) is 0 Å². The third kappa shape index (κ3) is 2.93. The fourth-order valence-electron chi connectivity index (χ4n) is 2.78. The van der Waals surface area contributed by atoms with E-state index in [1.807, 2.05) is 12.1 Å². The molecule has 1 aromatic heterocycles. The van der Waals surface area contributed by atoms with Gasteiger partial charge < -0.3 is 9.40 Å². The monoisotopic (exact) mass is 286 g/mol. The van der Waals surface area contributed by atoms with Gasteiger partial charge in [0.2, 0.25) is 0 Å². The van der Waals surface area contributed by atoms with Crippen molar-refractivity contribution in [1.82, 2.24) is 14.5 Å². The molecular formula is C16H22N4O. The lowest BCUT2D eigenvalue weighted by molar-refractivity contribution is 0.0569. The van der Waals surface area contributed by atoms with E-state index in [0.717, 1.165) is 43.0 Å². The third-order valence-corrected chi connectivity index (χ3v) is 4.01. The molecule has 0 N–H and O–H groups in total. The molecule has 0 saturated heterocycles. The van der Waals surface area contributed by atoms with Crippen molar-refractivity contribution >= 4 is 16.7 Å². The maximum atomic E-state index is 5.47. The van der Waals surface area contributed by atoms with Crippen LogP contribution in [0.2, 0.25) is 0 Å². The minimum absolute atomic E-state index is 0.180. The molecule has 1 aliphatic rings. The number of benzene rings is 1. The molecule has 1 atom stereocenters. The molecular weight excluding hydrogens is 264 g/mol. The summed E-state index contributed by atoms with van der Waals surface area (Å²) in [5.41, 5.74) is 3.39. The highest BCUT2D eigenvalue weighted by Gasteiger charge is 2.22. The first-order chi connectivity index (χ1) is 10.2. The molecule has 5 heteroatoms. The number of aromatic nitrogens is 2. The van der Waals surface area contributed by atoms with Crippen LogP contribution >= 0.6 is 0 Å². The Bertz CT molecular complexity index is 661. The summed E-state index contributed by atoms with van der Waals surface area (Å²) in [6.45, 7) is 3.80. The number of aryl methyl sites for hydroxylation is 1. The third-order valence-electron chi connectivity index (χ3n) is 4.01. The molecule has 21 heavy (non-hydrogen) atoms. The van der Waals surface area contributed by atoms with Gasteiger partial charge in [0, 0.05) is 20.0 Å². The number of imidazole rings is 1. The van der Waals surface area contributed by atoms with E-state index in [1.54, 1.807) is 0 Å². The summed E-state index contributed by atoms with van der Waals surface area (Å²) < 4.78 is 2.16. The van der Waals surface area contributed by atoms with Crippen molar-refractivity contribution in [1.29, 1.82) is 0 Å². The molecule has 1 aromatic carbocycles. The Hall–Kier alpha value is -1.88. The summed E-state index contributed by atoms with van der Waals surface area (Å²) in [6, 6.07) is 8.24. The molecule has 2 heterocycles. The summed E-state index contributed by atoms with van der Waals surface area (Å²) in [5.74, 6) is 1.08. The van der Waals surface area contributed by atoms with Gasteiger partial charge in [0.15, 0.2) is 0 Å². The molecule has 0 spiro atoms. The molecule has 3 rings (SSSR count). The Balaban J connectivity index is 1.64. The molecule has 0 aliphatic carbocycles. The van der Waals surface area contributed by atoms with E-state index in [0.29, 0.717) is 0 Å². The maximum absolute atomic E-state index is 5.47. The summed E-state index contributed by atoms with van der Waals surface area (Å²) in [5, 5.41) is 4.12. The lowest BCUT2D eigenvalue weighted by atomic mass is 10.1. The van der Waals surface area contributed by atoms with Crippen LogP contribution < -0.4 is 0 Å². The second kappa shape index (κ2) is 5.85. The van der Waals surface area contributed by atoms with Gasteiger partial charge in [0.05, 0.1) is 23.3 Å². The number of oxime groups is 1. The average Bonchev–Trinajstić information content (AvgIpc) is 3.05. The van der Waals surface area contributed by atoms with E-state index in [1.165, 1.54) is 5.52 Å². The molecule has 2 aromatic rings. The number of hydrogen-bond donors (Lipinski definition) is 0. The van der Waals surface area contributed by atoms with Gasteiger partial charge in [-0.3, -0.25) is 4.90 Å². The number of fused-ring (bicyclic) bond motifs is 1. The first-order valence-electron chi connectivity index (χ1n) is 7.47. The van der Waals surface area contributed by atoms with Crippen molar-refractivity contribution in [2.75, 3.05) is 13.6 Å². The number of rotatable bonds is 5. The standard InChI is InChI=1S/C16H22N4O/c1-4-12-9-13(21-18-12)10-19(2)11-16-17-14-7-5-6-8-15(14)20(16)3/h5-8,13H,4,9-11H2,1-3H3. The van der Waals surface area contributed by atoms with Crippen molar-refractivity contribution < 1.29 is 4.84 Å². The summed E-state index contributed by atoms with van der Waals surface area (Å²) in [7, 11) is 4.18. The number of hydrogen-bond acceptors (Lipinski definition) is 4. The molecule has 0 saturated carbocycles. The van der Waals surface area contributed by atoms with Gasteiger partial charge in [-0.05, 0) is 25.6 Å². The summed E-state index contributed by atoms with van der Waals surface area (Å²) in [4.78, 5) is 12.4. The summed E-state index contributed by atoms with van der Waals surface area (Å²) >= 11 is 0. The first kappa shape index (κ1) is 14.1. The molecule has 0 amide bonds. The van der Waals surface area contributed by atoms with E-state index in [2.05, 4.69) is 47.8 Å². The van der Waals surface area contributed by atoms with Crippen LogP contribution in [0.4, 0.5) is 0 Å². The fourth-order valence-corrected chi connectivity index (χ4v) is 2.78. The van der Waals surface area contributed by atoms with E-state index >= 15 is 0 Å². The number of nitrogens with zero attached hydrogens (tertiary/aromatic N) is 4. The molecule has 0 bridgehead atoms. The number of para-hydroxylation sites is 2. The van der Waals surface area contributed by atoms with Crippen LogP contribution in [0.25, 0.3) is 11.0 Å². The van der Waals surface area contributed by atoms with E-state index in [-0.39, 0.29) is 6.10 Å². The molecule has 112 valence electrons. The molecule has 1 aliphatic heterocycles. The predicted octanol–water partition coefficient (Wildman–Crippen LogP) is 2.56. The highest BCUT2D eigenvalue weighted by atomic mass is 16.6. The van der Waals surface area contributed by atoms with Crippen LogP contribution in [0.1, 0.15) is 25.6 Å². The predicted molar refractivity (Wildman–Crippen MR) is 84.3 cm³/mol. The van der Waals surface area contributed by atoms with Crippen LogP contribution in [-0.2, 0) is 18.4 Å². The smallest absolute Gasteiger partial charge is 0.145 e. The highest BCUT2D eigenvalue weighted by molar-refractivity contribution is 5.85. The SMILES string of the molecule is CCC1=NOC(CN(C)Cc2nc3ccccc3n2C)C1. The Morgan fingerprint density at radius 1 is 1.38 bits per heavy atom. The van der Waals surface area contributed by atoms with Gasteiger partial charge in [0.25, 0.3) is 0 Å². The van der Waals surface area contributed by atoms with E-state index in [9.17, 15) is 0 Å². The van der Waals surface area contributed by atoms with Crippen LogP contribution in [0.15, 0.2) is 29.4 Å². The Morgan fingerprint density at radius 3 is 2.90 bits per heavy atom. The largest absolute Gasteiger partial charge is 0.391 e. The van der Waals surface area contributed by atoms with Crippen molar-refractivity contribution in [3.63, 3.8) is 0 Å². The Kier molecular flexibility index (Phi) is 3.92. The summed E-state index contributed by atoms with van der Waals surface area (Å²) in [6.07, 6.45) is 2.11. The molecule has 1 unspecified atom stereocenters. The molecule has 0 fully saturated rings. The van der Waals surface area contributed by atoms with Gasteiger partial charge in [-0.2, -0.15) is 0 Å². The van der Waals surface area contributed by atoms with Crippen LogP contribution in [0.5, 0.6) is 0 Å². The quantitative estimate of drug-likeness (QED) is 0.848. The van der Waals surface area contributed by atoms with Crippen LogP contribution in [0.3, 0.4) is 0 Å². The Labute approximate surface area is 125 Å². The second-order valence-electron chi connectivity index (χ2n) is 5.72. The molecule has 5 nitrogen and oxygen atoms in total. The van der Waals surface area contributed by atoms with Gasteiger partial charge in [0.1, 0.15) is 11.9 Å². The normalized spacial score (nSPS) is 18.3. The van der Waals surface area contributed by atoms with E-state index < -0.39 is 0 Å².